The summed E-state index contributed by atoms with van der Waals surface area (Å²) in [6.45, 7) is 5.71. The van der Waals surface area contributed by atoms with Crippen LogP contribution < -0.4 is 0 Å². The number of allylic oxidation sites excluding steroid dienone is 1. The van der Waals surface area contributed by atoms with Gasteiger partial charge in [0.2, 0.25) is 0 Å². The molecular formula is C21H22FNO2. The number of nitrogens with zero attached hydrogens (tertiary/aromatic N) is 1. The zero-order chi connectivity index (χ0) is 18.0. The monoisotopic (exact) mass is 339 g/mol. The van der Waals surface area contributed by atoms with Gasteiger partial charge in [-0.25, -0.2) is 9.37 Å². The number of aromatic nitrogens is 1. The fourth-order valence-electron chi connectivity index (χ4n) is 3.10. The van der Waals surface area contributed by atoms with Crippen LogP contribution in [-0.4, -0.2) is 10.1 Å². The summed E-state index contributed by atoms with van der Waals surface area (Å²) in [5.41, 5.74) is 5.91. The van der Waals surface area contributed by atoms with Crippen LogP contribution in [0, 0.1) is 19.7 Å². The summed E-state index contributed by atoms with van der Waals surface area (Å²) in [4.78, 5) is 4.34. The largest absolute Gasteiger partial charge is 0.441 e. The maximum Gasteiger partial charge on any atom is 0.192 e. The second kappa shape index (κ2) is 7.19. The van der Waals surface area contributed by atoms with Gasteiger partial charge < -0.3 is 9.52 Å². The van der Waals surface area contributed by atoms with Crippen molar-refractivity contribution in [3.8, 4) is 0 Å². The molecule has 130 valence electrons. The lowest BCUT2D eigenvalue weighted by atomic mass is 9.90. The first-order valence-electron chi connectivity index (χ1n) is 8.51. The molecule has 1 heterocycles. The van der Waals surface area contributed by atoms with Gasteiger partial charge in [0.25, 0.3) is 0 Å². The van der Waals surface area contributed by atoms with E-state index in [1.54, 1.807) is 13.0 Å². The van der Waals surface area contributed by atoms with Crippen molar-refractivity contribution in [3.63, 3.8) is 0 Å². The molecule has 0 aliphatic heterocycles. The van der Waals surface area contributed by atoms with Crippen molar-refractivity contribution in [1.29, 1.82) is 0 Å². The van der Waals surface area contributed by atoms with Gasteiger partial charge in [0.15, 0.2) is 11.5 Å². The Labute approximate surface area is 146 Å². The Morgan fingerprint density at radius 2 is 2.00 bits per heavy atom. The number of benzene rings is 2. The first-order chi connectivity index (χ1) is 12.0. The van der Waals surface area contributed by atoms with Gasteiger partial charge in [-0.05, 0) is 65.4 Å². The molecule has 0 aliphatic carbocycles. The van der Waals surface area contributed by atoms with Crippen LogP contribution in [0.1, 0.15) is 47.9 Å². The highest BCUT2D eigenvalue weighted by molar-refractivity contribution is 5.88. The summed E-state index contributed by atoms with van der Waals surface area (Å²) < 4.78 is 19.2. The molecule has 0 radical (unpaired) electrons. The van der Waals surface area contributed by atoms with Gasteiger partial charge in [0.1, 0.15) is 11.3 Å². The molecule has 0 fully saturated rings. The van der Waals surface area contributed by atoms with Crippen LogP contribution in [-0.2, 0) is 6.61 Å². The standard InChI is InChI=1S/C21H22FNO2/c1-4-5-6-18(17-8-7-16(22)9-13(17)2)19-11-21-20(10-15(19)12-24)23-14(3)25-21/h6-11,24H,4-5,12H2,1-3H3/b18-6+. The fourth-order valence-corrected chi connectivity index (χ4v) is 3.10. The Morgan fingerprint density at radius 3 is 2.68 bits per heavy atom. The van der Waals surface area contributed by atoms with Crippen molar-refractivity contribution in [2.75, 3.05) is 0 Å². The lowest BCUT2D eigenvalue weighted by Crippen LogP contribution is -1.98. The molecule has 25 heavy (non-hydrogen) atoms. The molecule has 0 amide bonds. The number of aliphatic hydroxyl groups excluding tert-OH is 1. The highest BCUT2D eigenvalue weighted by Crippen LogP contribution is 2.33. The molecular weight excluding hydrogens is 317 g/mol. The van der Waals surface area contributed by atoms with Crippen molar-refractivity contribution < 1.29 is 13.9 Å². The van der Waals surface area contributed by atoms with Gasteiger partial charge in [0.05, 0.1) is 6.61 Å². The van der Waals surface area contributed by atoms with E-state index < -0.39 is 0 Å². The number of rotatable bonds is 5. The molecule has 4 heteroatoms. The molecule has 3 rings (SSSR count). The van der Waals surface area contributed by atoms with Crippen molar-refractivity contribution in [2.45, 2.75) is 40.2 Å². The fraction of sp³-hybridized carbons (Fsp3) is 0.286. The molecule has 3 aromatic rings. The SMILES string of the molecule is CCC/C=C(\c1ccc(F)cc1C)c1cc2oc(C)nc2cc1CO. The van der Waals surface area contributed by atoms with Crippen LogP contribution in [0.25, 0.3) is 16.7 Å². The number of aryl methyl sites for hydroxylation is 2. The number of halogens is 1. The Morgan fingerprint density at radius 1 is 1.20 bits per heavy atom. The molecule has 0 unspecified atom stereocenters. The lowest BCUT2D eigenvalue weighted by Gasteiger charge is -2.15. The molecule has 3 nitrogen and oxygen atoms in total. The van der Waals surface area contributed by atoms with Crippen LogP contribution >= 0.6 is 0 Å². The minimum atomic E-state index is -0.250. The van der Waals surface area contributed by atoms with Crippen LogP contribution in [0.2, 0.25) is 0 Å². The number of hydrogen-bond acceptors (Lipinski definition) is 3. The molecule has 0 aliphatic rings. The Hall–Kier alpha value is -2.46. The average Bonchev–Trinajstić information content (AvgIpc) is 2.94. The first kappa shape index (κ1) is 17.4. The predicted octanol–water partition coefficient (Wildman–Crippen LogP) is 5.31. The van der Waals surface area contributed by atoms with E-state index in [-0.39, 0.29) is 12.4 Å². The maximum atomic E-state index is 13.5. The molecule has 0 saturated carbocycles. The van der Waals surface area contributed by atoms with E-state index in [9.17, 15) is 9.50 Å². The van der Waals surface area contributed by atoms with Crippen LogP contribution in [0.3, 0.4) is 0 Å². The highest BCUT2D eigenvalue weighted by Gasteiger charge is 2.15. The second-order valence-corrected chi connectivity index (χ2v) is 6.23. The van der Waals surface area contributed by atoms with Gasteiger partial charge in [-0.2, -0.15) is 0 Å². The third kappa shape index (κ3) is 3.49. The smallest absolute Gasteiger partial charge is 0.192 e. The van der Waals surface area contributed by atoms with Crippen molar-refractivity contribution >= 4 is 16.7 Å². The Bertz CT molecular complexity index is 940. The van der Waals surface area contributed by atoms with Crippen LogP contribution in [0.4, 0.5) is 4.39 Å². The number of fused-ring (bicyclic) bond motifs is 1. The first-order valence-corrected chi connectivity index (χ1v) is 8.51. The minimum absolute atomic E-state index is 0.0963. The molecule has 1 aromatic heterocycles. The summed E-state index contributed by atoms with van der Waals surface area (Å²) in [5.74, 6) is 0.341. The van der Waals surface area contributed by atoms with Gasteiger partial charge >= 0.3 is 0 Å². The van der Waals surface area contributed by atoms with E-state index in [0.717, 1.165) is 46.2 Å². The van der Waals surface area contributed by atoms with Crippen molar-refractivity contribution in [3.05, 3.63) is 70.4 Å². The van der Waals surface area contributed by atoms with E-state index in [4.69, 9.17) is 4.42 Å². The number of aliphatic hydroxyl groups is 1. The van der Waals surface area contributed by atoms with Gasteiger partial charge in [0, 0.05) is 6.92 Å². The summed E-state index contributed by atoms with van der Waals surface area (Å²) in [6.07, 6.45) is 4.04. The highest BCUT2D eigenvalue weighted by atomic mass is 19.1. The van der Waals surface area contributed by atoms with E-state index in [1.165, 1.54) is 12.1 Å². The topological polar surface area (TPSA) is 46.3 Å². The Kier molecular flexibility index (Phi) is 5.00. The summed E-state index contributed by atoms with van der Waals surface area (Å²) in [7, 11) is 0. The van der Waals surface area contributed by atoms with Crippen molar-refractivity contribution in [1.82, 2.24) is 4.98 Å². The van der Waals surface area contributed by atoms with E-state index in [2.05, 4.69) is 18.0 Å². The maximum absolute atomic E-state index is 13.5. The van der Waals surface area contributed by atoms with Crippen molar-refractivity contribution in [2.24, 2.45) is 0 Å². The second-order valence-electron chi connectivity index (χ2n) is 6.23. The van der Waals surface area contributed by atoms with E-state index in [1.807, 2.05) is 19.1 Å². The summed E-state index contributed by atoms with van der Waals surface area (Å²) in [6, 6.07) is 8.58. The molecule has 0 spiro atoms. The summed E-state index contributed by atoms with van der Waals surface area (Å²) in [5, 5.41) is 9.87. The zero-order valence-corrected chi connectivity index (χ0v) is 14.8. The molecule has 0 atom stereocenters. The molecule has 0 saturated heterocycles. The Balaban J connectivity index is 2.24. The van der Waals surface area contributed by atoms with Gasteiger partial charge in [-0.15, -0.1) is 0 Å². The molecule has 2 aromatic carbocycles. The van der Waals surface area contributed by atoms with Crippen LogP contribution in [0.15, 0.2) is 40.8 Å². The lowest BCUT2D eigenvalue weighted by molar-refractivity contribution is 0.281. The number of unbranched alkanes of at least 4 members (excludes halogenated alkanes) is 1. The normalized spacial score (nSPS) is 12.1. The van der Waals surface area contributed by atoms with Gasteiger partial charge in [-0.3, -0.25) is 0 Å². The average molecular weight is 339 g/mol. The van der Waals surface area contributed by atoms with E-state index in [0.29, 0.717) is 11.5 Å². The molecule has 0 bridgehead atoms. The quantitative estimate of drug-likeness (QED) is 0.685. The predicted molar refractivity (Wildman–Crippen MR) is 97.8 cm³/mol. The van der Waals surface area contributed by atoms with Gasteiger partial charge in [-0.1, -0.05) is 25.5 Å². The van der Waals surface area contributed by atoms with Crippen LogP contribution in [0.5, 0.6) is 0 Å². The third-order valence-corrected chi connectivity index (χ3v) is 4.30. The number of hydrogen-bond donors (Lipinski definition) is 1. The third-order valence-electron chi connectivity index (χ3n) is 4.30. The van der Waals surface area contributed by atoms with E-state index >= 15 is 0 Å². The summed E-state index contributed by atoms with van der Waals surface area (Å²) >= 11 is 0. The minimum Gasteiger partial charge on any atom is -0.441 e. The zero-order valence-electron chi connectivity index (χ0n) is 14.8. The molecule has 1 N–H and O–H groups in total. The number of oxazole rings is 1.